The maximum atomic E-state index is 13.9. The summed E-state index contributed by atoms with van der Waals surface area (Å²) in [5.74, 6) is -0.997. The number of carbonyl (C=O) groups excluding carboxylic acids is 2. The molecule has 2 N–H and O–H groups in total. The second-order valence-corrected chi connectivity index (χ2v) is 7.66. The van der Waals surface area contributed by atoms with Gasteiger partial charge in [-0.15, -0.1) is 0 Å². The van der Waals surface area contributed by atoms with Crippen LogP contribution < -0.4 is 20.3 Å². The molecular weight excluding hydrogens is 423 g/mol. The molecule has 2 aromatic rings. The number of nitrogens with one attached hydrogen (secondary N) is 2. The minimum atomic E-state index is -4.58. The van der Waals surface area contributed by atoms with Crippen molar-refractivity contribution in [1.29, 1.82) is 0 Å². The van der Waals surface area contributed by atoms with E-state index in [4.69, 9.17) is 4.74 Å². The summed E-state index contributed by atoms with van der Waals surface area (Å²) >= 11 is 0. The highest BCUT2D eigenvalue weighted by molar-refractivity contribution is 6.01. The van der Waals surface area contributed by atoms with E-state index in [-0.39, 0.29) is 24.2 Å². The van der Waals surface area contributed by atoms with Crippen LogP contribution in [-0.4, -0.2) is 45.1 Å². The molecule has 0 spiro atoms. The van der Waals surface area contributed by atoms with E-state index in [2.05, 4.69) is 10.6 Å². The van der Waals surface area contributed by atoms with Crippen molar-refractivity contribution in [3.05, 3.63) is 59.2 Å². The zero-order chi connectivity index (χ0) is 23.5. The highest BCUT2D eigenvalue weighted by atomic mass is 19.4. The molecule has 0 aromatic heterocycles. The molecule has 2 amide bonds. The third-order valence-corrected chi connectivity index (χ3v) is 5.59. The van der Waals surface area contributed by atoms with Gasteiger partial charge in [-0.25, -0.2) is 0 Å². The Morgan fingerprint density at radius 1 is 1.19 bits per heavy atom. The van der Waals surface area contributed by atoms with Crippen LogP contribution in [0.2, 0.25) is 0 Å². The summed E-state index contributed by atoms with van der Waals surface area (Å²) in [6, 6.07) is 9.64. The van der Waals surface area contributed by atoms with Crippen LogP contribution in [0.5, 0.6) is 5.75 Å². The molecule has 0 unspecified atom stereocenters. The molecule has 1 aliphatic rings. The van der Waals surface area contributed by atoms with Crippen molar-refractivity contribution in [3.63, 3.8) is 0 Å². The lowest BCUT2D eigenvalue weighted by Crippen LogP contribution is -2.51. The molecule has 0 radical (unpaired) electrons. The molecule has 0 saturated heterocycles. The van der Waals surface area contributed by atoms with Gasteiger partial charge in [-0.2, -0.15) is 13.2 Å². The number of hydrogen-bond acceptors (Lipinski definition) is 4. The zero-order valence-corrected chi connectivity index (χ0v) is 18.1. The summed E-state index contributed by atoms with van der Waals surface area (Å²) in [5.41, 5.74) is 0.111. The van der Waals surface area contributed by atoms with Gasteiger partial charge in [-0.3, -0.25) is 9.59 Å². The lowest BCUT2D eigenvalue weighted by atomic mass is 9.84. The SMILES string of the molecule is CNCCN1C(=O)[C@H](NC(C)=O)[C@H](c2ccc(OC)cc2)Cc2c1cccc2C(F)(F)F. The number of halogens is 3. The largest absolute Gasteiger partial charge is 0.497 e. The number of alkyl halides is 3. The summed E-state index contributed by atoms with van der Waals surface area (Å²) in [5, 5.41) is 5.61. The van der Waals surface area contributed by atoms with Gasteiger partial charge in [0, 0.05) is 31.6 Å². The third kappa shape index (κ3) is 4.88. The topological polar surface area (TPSA) is 70.7 Å². The summed E-state index contributed by atoms with van der Waals surface area (Å²) < 4.78 is 46.9. The van der Waals surface area contributed by atoms with Crippen LogP contribution in [0.4, 0.5) is 18.9 Å². The minimum absolute atomic E-state index is 0.0399. The van der Waals surface area contributed by atoms with Crippen molar-refractivity contribution in [2.24, 2.45) is 0 Å². The maximum absolute atomic E-state index is 13.9. The number of nitrogens with zero attached hydrogens (tertiary/aromatic N) is 1. The van der Waals surface area contributed by atoms with Crippen molar-refractivity contribution < 1.29 is 27.5 Å². The van der Waals surface area contributed by atoms with Gasteiger partial charge in [0.05, 0.1) is 12.7 Å². The maximum Gasteiger partial charge on any atom is 0.416 e. The fourth-order valence-corrected chi connectivity index (χ4v) is 4.10. The number of rotatable bonds is 6. The van der Waals surface area contributed by atoms with Crippen LogP contribution in [-0.2, 0) is 22.2 Å². The Bertz CT molecular complexity index is 977. The number of methoxy groups -OCH3 is 1. The van der Waals surface area contributed by atoms with Gasteiger partial charge in [0.1, 0.15) is 11.8 Å². The summed E-state index contributed by atoms with van der Waals surface area (Å²) in [7, 11) is 3.20. The molecule has 1 aliphatic heterocycles. The van der Waals surface area contributed by atoms with Gasteiger partial charge < -0.3 is 20.3 Å². The molecule has 32 heavy (non-hydrogen) atoms. The predicted molar refractivity (Wildman–Crippen MR) is 115 cm³/mol. The Morgan fingerprint density at radius 3 is 2.44 bits per heavy atom. The average Bonchev–Trinajstić information content (AvgIpc) is 2.86. The Labute approximate surface area is 184 Å². The number of anilines is 1. The number of ether oxygens (including phenoxy) is 1. The molecule has 6 nitrogen and oxygen atoms in total. The molecule has 172 valence electrons. The van der Waals surface area contributed by atoms with Crippen LogP contribution in [0.15, 0.2) is 42.5 Å². The van der Waals surface area contributed by atoms with E-state index in [0.29, 0.717) is 17.9 Å². The average molecular weight is 449 g/mol. The van der Waals surface area contributed by atoms with Gasteiger partial charge in [0.25, 0.3) is 0 Å². The molecule has 3 rings (SSSR count). The first kappa shape index (κ1) is 23.6. The monoisotopic (exact) mass is 449 g/mol. The molecule has 1 heterocycles. The molecule has 0 aliphatic carbocycles. The van der Waals surface area contributed by atoms with Crippen molar-refractivity contribution in [3.8, 4) is 5.75 Å². The van der Waals surface area contributed by atoms with E-state index in [1.54, 1.807) is 31.3 Å². The number of amides is 2. The fourth-order valence-electron chi connectivity index (χ4n) is 4.10. The number of fused-ring (bicyclic) bond motifs is 1. The molecule has 0 fully saturated rings. The predicted octanol–water partition coefficient (Wildman–Crippen LogP) is 3.11. The fraction of sp³-hybridized carbons (Fsp3) is 0.391. The minimum Gasteiger partial charge on any atom is -0.497 e. The smallest absolute Gasteiger partial charge is 0.416 e. The molecule has 2 atom stereocenters. The van der Waals surface area contributed by atoms with Gasteiger partial charge in [0.15, 0.2) is 0 Å². The van der Waals surface area contributed by atoms with Crippen molar-refractivity contribution in [1.82, 2.24) is 10.6 Å². The molecule has 0 bridgehead atoms. The van der Waals surface area contributed by atoms with Crippen molar-refractivity contribution in [2.45, 2.75) is 31.5 Å². The molecule has 9 heteroatoms. The van der Waals surface area contributed by atoms with Crippen LogP contribution in [0.1, 0.15) is 29.5 Å². The van der Waals surface area contributed by atoms with E-state index in [1.807, 2.05) is 0 Å². The Balaban J connectivity index is 2.21. The third-order valence-electron chi connectivity index (χ3n) is 5.59. The first-order valence-electron chi connectivity index (χ1n) is 10.2. The van der Waals surface area contributed by atoms with Crippen LogP contribution in [0.25, 0.3) is 0 Å². The quantitative estimate of drug-likeness (QED) is 0.711. The van der Waals surface area contributed by atoms with E-state index < -0.39 is 35.5 Å². The van der Waals surface area contributed by atoms with Crippen molar-refractivity contribution >= 4 is 17.5 Å². The van der Waals surface area contributed by atoms with Crippen LogP contribution in [0.3, 0.4) is 0 Å². The van der Waals surface area contributed by atoms with Gasteiger partial charge in [0.2, 0.25) is 11.8 Å². The summed E-state index contributed by atoms with van der Waals surface area (Å²) in [6.07, 6.45) is -4.65. The number of hydrogen-bond donors (Lipinski definition) is 2. The molecule has 2 aromatic carbocycles. The lowest BCUT2D eigenvalue weighted by molar-refractivity contribution is -0.138. The normalized spacial score (nSPS) is 18.7. The Hall–Kier alpha value is -3.07. The first-order valence-corrected chi connectivity index (χ1v) is 10.2. The van der Waals surface area contributed by atoms with E-state index in [1.165, 1.54) is 31.1 Å². The Morgan fingerprint density at radius 2 is 1.88 bits per heavy atom. The van der Waals surface area contributed by atoms with Crippen LogP contribution in [0, 0.1) is 0 Å². The number of likely N-dealkylation sites (N-methyl/N-ethyl adjacent to an activating group) is 1. The molecular formula is C23H26F3N3O3. The summed E-state index contributed by atoms with van der Waals surface area (Å²) in [6.45, 7) is 1.83. The van der Waals surface area contributed by atoms with Crippen molar-refractivity contribution in [2.75, 3.05) is 32.1 Å². The van der Waals surface area contributed by atoms with Gasteiger partial charge in [-0.05, 0) is 48.9 Å². The number of benzene rings is 2. The first-order chi connectivity index (χ1) is 15.2. The molecule has 0 saturated carbocycles. The van der Waals surface area contributed by atoms with Gasteiger partial charge in [-0.1, -0.05) is 18.2 Å². The van der Waals surface area contributed by atoms with Crippen LogP contribution >= 0.6 is 0 Å². The highest BCUT2D eigenvalue weighted by Crippen LogP contribution is 2.42. The Kier molecular flexibility index (Phi) is 7.08. The highest BCUT2D eigenvalue weighted by Gasteiger charge is 2.42. The standard InChI is InChI=1S/C23H26F3N3O3/c1-14(30)28-21-17(15-7-9-16(32-3)10-8-15)13-18-19(23(24,25)26)5-4-6-20(18)29(22(21)31)12-11-27-2/h4-10,17,21,27H,11-13H2,1-3H3,(H,28,30)/t17-,21+/m0/s1. The van der Waals surface area contributed by atoms with Gasteiger partial charge >= 0.3 is 6.18 Å². The zero-order valence-electron chi connectivity index (χ0n) is 18.1. The number of carbonyl (C=O) groups is 2. The van der Waals surface area contributed by atoms with E-state index in [9.17, 15) is 22.8 Å². The van der Waals surface area contributed by atoms with E-state index >= 15 is 0 Å². The van der Waals surface area contributed by atoms with E-state index in [0.717, 1.165) is 6.07 Å². The lowest BCUT2D eigenvalue weighted by Gasteiger charge is -2.29. The second-order valence-electron chi connectivity index (χ2n) is 7.66. The summed E-state index contributed by atoms with van der Waals surface area (Å²) in [4.78, 5) is 26.9. The second kappa shape index (κ2) is 9.60.